The van der Waals surface area contributed by atoms with Crippen LogP contribution in [0.1, 0.15) is 11.1 Å². The fourth-order valence-corrected chi connectivity index (χ4v) is 9.10. The summed E-state index contributed by atoms with van der Waals surface area (Å²) < 4.78 is 2.29. The van der Waals surface area contributed by atoms with Crippen LogP contribution in [0.4, 0.5) is 0 Å². The smallest absolute Gasteiger partial charge is 0.241 e. The van der Waals surface area contributed by atoms with Crippen molar-refractivity contribution >= 4 is 31.9 Å². The highest BCUT2D eigenvalue weighted by Gasteiger charge is 2.41. The average Bonchev–Trinajstić information content (AvgIpc) is 3.60. The third-order valence-electron chi connectivity index (χ3n) is 7.97. The van der Waals surface area contributed by atoms with Gasteiger partial charge in [0.1, 0.15) is 0 Å². The van der Waals surface area contributed by atoms with Crippen LogP contribution in [0.25, 0.3) is 0 Å². The molecule has 5 aromatic carbocycles. The molecule has 0 fully saturated rings. The Morgan fingerprint density at radius 2 is 1.02 bits per heavy atom. The van der Waals surface area contributed by atoms with Crippen LogP contribution >= 0.6 is 0 Å². The first-order chi connectivity index (χ1) is 20.7. The summed E-state index contributed by atoms with van der Waals surface area (Å²) in [6, 6.07) is 54.7. The normalized spacial score (nSPS) is 11.5. The highest BCUT2D eigenvalue weighted by atomic mass is 28.3. The third-order valence-corrected chi connectivity index (χ3v) is 11.4. The van der Waals surface area contributed by atoms with Gasteiger partial charge in [0.25, 0.3) is 0 Å². The molecule has 6 aromatic rings. The minimum absolute atomic E-state index is 0.160. The van der Waals surface area contributed by atoms with Gasteiger partial charge in [0.15, 0.2) is 0 Å². The van der Waals surface area contributed by atoms with Crippen molar-refractivity contribution in [2.24, 2.45) is 0 Å². The molecule has 1 heterocycles. The summed E-state index contributed by atoms with van der Waals surface area (Å²) in [5.74, 6) is 0. The first kappa shape index (κ1) is 28.8. The molecule has 0 aliphatic carbocycles. The van der Waals surface area contributed by atoms with Crippen LogP contribution in [-0.4, -0.2) is 25.1 Å². The van der Waals surface area contributed by atoms with Crippen molar-refractivity contribution in [1.82, 2.24) is 9.55 Å². The predicted molar refractivity (Wildman–Crippen MR) is 183 cm³/mol. The Morgan fingerprint density at radius 3 is 1.36 bits per heavy atom. The van der Waals surface area contributed by atoms with E-state index in [1.54, 1.807) is 0 Å². The molecule has 0 bridgehead atoms. The summed E-state index contributed by atoms with van der Waals surface area (Å²) in [6.07, 6.45) is 7.98. The number of imidazole rings is 1. The molecular weight excluding hydrogens is 523 g/mol. The van der Waals surface area contributed by atoms with E-state index < -0.39 is 8.80 Å². The third kappa shape index (κ3) is 6.30. The second-order valence-electron chi connectivity index (χ2n) is 10.6. The Balaban J connectivity index is 0.000000171. The van der Waals surface area contributed by atoms with Crippen molar-refractivity contribution in [3.63, 3.8) is 0 Å². The van der Waals surface area contributed by atoms with Crippen molar-refractivity contribution in [2.45, 2.75) is 17.8 Å². The topological polar surface area (TPSA) is 17.8 Å². The van der Waals surface area contributed by atoms with Crippen LogP contribution in [-0.2, 0) is 5.16 Å². The van der Waals surface area contributed by atoms with Crippen LogP contribution in [0.15, 0.2) is 183 Å². The van der Waals surface area contributed by atoms with Gasteiger partial charge in [-0.3, -0.25) is 0 Å². The van der Waals surface area contributed by atoms with Crippen LogP contribution in [0.3, 0.4) is 0 Å². The second kappa shape index (κ2) is 14.3. The zero-order valence-corrected chi connectivity index (χ0v) is 25.4. The number of hydrogen-bond donors (Lipinski definition) is 0. The zero-order valence-electron chi connectivity index (χ0n) is 24.2. The van der Waals surface area contributed by atoms with E-state index in [0.717, 1.165) is 6.04 Å². The summed E-state index contributed by atoms with van der Waals surface area (Å²) in [7, 11) is -1.29. The number of benzene rings is 5. The number of nitrogens with zero attached hydrogens (tertiary/aromatic N) is 2. The van der Waals surface area contributed by atoms with E-state index in [-0.39, 0.29) is 5.16 Å². The molecular formula is C38H37BN2Si. The molecule has 0 aliphatic heterocycles. The minimum Gasteiger partial charge on any atom is -0.326 e. The van der Waals surface area contributed by atoms with Crippen molar-refractivity contribution in [3.8, 4) is 0 Å². The van der Waals surface area contributed by atoms with Crippen LogP contribution in [0, 0.1) is 0 Å². The maximum Gasteiger partial charge on any atom is 0.241 e. The molecule has 4 heteroatoms. The number of aromatic nitrogens is 2. The first-order valence-electron chi connectivity index (χ1n) is 14.6. The molecule has 1 atom stereocenters. The van der Waals surface area contributed by atoms with Crippen molar-refractivity contribution in [1.29, 1.82) is 0 Å². The summed E-state index contributed by atoms with van der Waals surface area (Å²) in [5, 5.41) is -0.160. The van der Waals surface area contributed by atoms with E-state index in [1.165, 1.54) is 27.5 Å². The molecule has 1 unspecified atom stereocenters. The maximum atomic E-state index is 4.34. The molecule has 1 aromatic heterocycles. The lowest BCUT2D eigenvalue weighted by Crippen LogP contribution is -2.51. The van der Waals surface area contributed by atoms with Gasteiger partial charge in [0.05, 0.1) is 20.3 Å². The molecule has 0 saturated heterocycles. The van der Waals surface area contributed by atoms with Gasteiger partial charge in [-0.25, -0.2) is 4.98 Å². The van der Waals surface area contributed by atoms with Crippen molar-refractivity contribution in [2.75, 3.05) is 0 Å². The maximum absolute atomic E-state index is 4.34. The Hall–Kier alpha value is -4.67. The van der Waals surface area contributed by atoms with Gasteiger partial charge in [0, 0.05) is 12.4 Å². The van der Waals surface area contributed by atoms with Gasteiger partial charge in [-0.05, 0) is 17.2 Å². The second-order valence-corrected chi connectivity index (χ2v) is 13.7. The molecule has 0 spiro atoms. The lowest BCUT2D eigenvalue weighted by atomic mass is 9.37. The van der Waals surface area contributed by atoms with E-state index in [4.69, 9.17) is 0 Å². The lowest BCUT2D eigenvalue weighted by Gasteiger charge is -2.41. The highest BCUT2D eigenvalue weighted by Crippen LogP contribution is 2.38. The monoisotopic (exact) mass is 560 g/mol. The van der Waals surface area contributed by atoms with Gasteiger partial charge < -0.3 is 4.57 Å². The lowest BCUT2D eigenvalue weighted by molar-refractivity contribution is 0.583. The average molecular weight is 561 g/mol. The molecule has 206 valence electrons. The standard InChI is InChI=1S/C20H22N2Si.C18H15B/c1-3-16-23(2)20(22-15-14-21-17-22,18-10-6-4-7-11-18)19-12-8-5-9-13-19;1-4-10-16(11-5-1)19(17-12-6-2-7-13-17)18-14-8-3-9-15-18/h3-15,17,23H,1,16H2,2H3;1-15H. The molecule has 0 saturated carbocycles. The Bertz CT molecular complexity index is 1470. The Kier molecular flexibility index (Phi) is 9.82. The molecule has 0 radical (unpaired) electrons. The van der Waals surface area contributed by atoms with Crippen molar-refractivity contribution in [3.05, 3.63) is 194 Å². The van der Waals surface area contributed by atoms with Gasteiger partial charge in [-0.1, -0.05) is 181 Å². The molecule has 42 heavy (non-hydrogen) atoms. The van der Waals surface area contributed by atoms with Gasteiger partial charge >= 0.3 is 0 Å². The van der Waals surface area contributed by atoms with E-state index in [0.29, 0.717) is 6.71 Å². The van der Waals surface area contributed by atoms with Gasteiger partial charge in [-0.15, -0.1) is 6.58 Å². The van der Waals surface area contributed by atoms with Crippen LogP contribution < -0.4 is 16.4 Å². The van der Waals surface area contributed by atoms with E-state index >= 15 is 0 Å². The Morgan fingerprint density at radius 1 is 0.643 bits per heavy atom. The summed E-state index contributed by atoms with van der Waals surface area (Å²) in [4.78, 5) is 4.34. The quantitative estimate of drug-likeness (QED) is 0.147. The molecule has 0 N–H and O–H groups in total. The summed E-state index contributed by atoms with van der Waals surface area (Å²) >= 11 is 0. The summed E-state index contributed by atoms with van der Waals surface area (Å²) in [5.41, 5.74) is 6.65. The number of hydrogen-bond acceptors (Lipinski definition) is 1. The minimum atomic E-state index is -1.29. The Labute approximate surface area is 252 Å². The predicted octanol–water partition coefficient (Wildman–Crippen LogP) is 6.46. The zero-order chi connectivity index (χ0) is 29.0. The number of rotatable bonds is 9. The molecule has 0 amide bonds. The first-order valence-corrected chi connectivity index (χ1v) is 17.1. The molecule has 2 nitrogen and oxygen atoms in total. The highest BCUT2D eigenvalue weighted by molar-refractivity contribution is 6.95. The largest absolute Gasteiger partial charge is 0.326 e. The van der Waals surface area contributed by atoms with Gasteiger partial charge in [0.2, 0.25) is 6.71 Å². The molecule has 0 aliphatic rings. The van der Waals surface area contributed by atoms with E-state index in [9.17, 15) is 0 Å². The van der Waals surface area contributed by atoms with Crippen molar-refractivity contribution < 1.29 is 0 Å². The summed E-state index contributed by atoms with van der Waals surface area (Å²) in [6.45, 7) is 6.72. The number of allylic oxidation sites excluding steroid dienone is 1. The van der Waals surface area contributed by atoms with Crippen LogP contribution in [0.5, 0.6) is 0 Å². The van der Waals surface area contributed by atoms with E-state index in [1.807, 2.05) is 12.5 Å². The van der Waals surface area contributed by atoms with Crippen LogP contribution in [0.2, 0.25) is 12.6 Å². The SMILES string of the molecule is C=CC[SiH](C)C(c1ccccc1)(c1ccccc1)n1ccnc1.c1ccc(B(c2ccccc2)c2ccccc2)cc1. The van der Waals surface area contributed by atoms with E-state index in [2.05, 4.69) is 187 Å². The van der Waals surface area contributed by atoms with Gasteiger partial charge in [-0.2, -0.15) is 0 Å². The fourth-order valence-electron chi connectivity index (χ4n) is 6.07. The fraction of sp³-hybridized carbons (Fsp3) is 0.0789. The molecule has 6 rings (SSSR count).